The molecule has 34 heavy (non-hydrogen) atoms. The Morgan fingerprint density at radius 2 is 1.88 bits per heavy atom. The zero-order valence-electron chi connectivity index (χ0n) is 19.3. The van der Waals surface area contributed by atoms with E-state index >= 15 is 0 Å². The van der Waals surface area contributed by atoms with Crippen LogP contribution in [0.15, 0.2) is 60.8 Å². The van der Waals surface area contributed by atoms with Crippen LogP contribution < -0.4 is 0 Å². The lowest BCUT2D eigenvalue weighted by atomic mass is 9.73. The summed E-state index contributed by atoms with van der Waals surface area (Å²) in [6.45, 7) is 2.18. The first-order valence-corrected chi connectivity index (χ1v) is 12.1. The van der Waals surface area contributed by atoms with Crippen LogP contribution in [0.2, 0.25) is 0 Å². The van der Waals surface area contributed by atoms with Gasteiger partial charge in [0.25, 0.3) is 0 Å². The van der Waals surface area contributed by atoms with Gasteiger partial charge in [0.05, 0.1) is 11.6 Å². The fraction of sp³-hybridized carbons (Fsp3) is 0.393. The third-order valence-corrected chi connectivity index (χ3v) is 7.56. The van der Waals surface area contributed by atoms with Crippen molar-refractivity contribution in [2.24, 2.45) is 11.8 Å². The van der Waals surface area contributed by atoms with Crippen LogP contribution in [-0.2, 0) is 16.0 Å². The Bertz CT molecular complexity index is 1190. The maximum atomic E-state index is 13.9. The summed E-state index contributed by atoms with van der Waals surface area (Å²) in [5.41, 5.74) is 3.02. The molecule has 1 saturated heterocycles. The Labute approximate surface area is 198 Å². The molecular formula is C28H29FN2O3. The molecule has 5 nitrogen and oxygen atoms in total. The van der Waals surface area contributed by atoms with E-state index in [4.69, 9.17) is 4.74 Å². The van der Waals surface area contributed by atoms with Gasteiger partial charge >= 0.3 is 6.09 Å². The number of cyclic esters (lactones) is 1. The van der Waals surface area contributed by atoms with Gasteiger partial charge in [-0.05, 0) is 79.3 Å². The SMILES string of the molecule is C[C@@H](C(=O)N1C(=O)OC[C@H]1Cc1ccccc1)C1CCC(c2ccnc3ccc(F)cc23)CC1. The second-order valence-electron chi connectivity index (χ2n) is 9.59. The fourth-order valence-electron chi connectivity index (χ4n) is 5.61. The van der Waals surface area contributed by atoms with Crippen LogP contribution >= 0.6 is 0 Å². The Balaban J connectivity index is 1.26. The van der Waals surface area contributed by atoms with Gasteiger partial charge in [0, 0.05) is 17.5 Å². The van der Waals surface area contributed by atoms with Crippen molar-refractivity contribution in [3.63, 3.8) is 0 Å². The molecule has 3 aromatic rings. The highest BCUT2D eigenvalue weighted by Crippen LogP contribution is 2.41. The van der Waals surface area contributed by atoms with Crippen molar-refractivity contribution in [1.82, 2.24) is 9.88 Å². The average molecular weight is 461 g/mol. The highest BCUT2D eigenvalue weighted by atomic mass is 19.1. The molecule has 2 atom stereocenters. The van der Waals surface area contributed by atoms with Gasteiger partial charge in [-0.15, -0.1) is 0 Å². The van der Waals surface area contributed by atoms with E-state index in [0.29, 0.717) is 12.3 Å². The van der Waals surface area contributed by atoms with Crippen molar-refractivity contribution in [3.8, 4) is 0 Å². The molecule has 1 saturated carbocycles. The summed E-state index contributed by atoms with van der Waals surface area (Å²) in [5.74, 6) is -0.121. The highest BCUT2D eigenvalue weighted by Gasteiger charge is 2.42. The normalized spacial score (nSPS) is 23.6. The maximum Gasteiger partial charge on any atom is 0.416 e. The molecule has 6 heteroatoms. The molecule has 2 fully saturated rings. The van der Waals surface area contributed by atoms with Crippen LogP contribution in [0.3, 0.4) is 0 Å². The number of benzene rings is 2. The Hall–Kier alpha value is -3.28. The van der Waals surface area contributed by atoms with Crippen LogP contribution in [0, 0.1) is 17.7 Å². The second kappa shape index (κ2) is 9.53. The van der Waals surface area contributed by atoms with Crippen molar-refractivity contribution in [2.75, 3.05) is 6.61 Å². The third-order valence-electron chi connectivity index (χ3n) is 7.56. The number of carbonyl (C=O) groups excluding carboxylic acids is 2. The van der Waals surface area contributed by atoms with Crippen molar-refractivity contribution in [2.45, 2.75) is 51.0 Å². The van der Waals surface area contributed by atoms with E-state index in [9.17, 15) is 14.0 Å². The first-order valence-electron chi connectivity index (χ1n) is 12.1. The lowest BCUT2D eigenvalue weighted by molar-refractivity contribution is -0.135. The zero-order chi connectivity index (χ0) is 23.7. The quantitative estimate of drug-likeness (QED) is 0.478. The molecule has 1 aromatic heterocycles. The number of ether oxygens (including phenoxy) is 1. The summed E-state index contributed by atoms with van der Waals surface area (Å²) in [6, 6.07) is 16.3. The van der Waals surface area contributed by atoms with E-state index in [1.807, 2.05) is 43.3 Å². The van der Waals surface area contributed by atoms with Gasteiger partial charge in [-0.2, -0.15) is 0 Å². The predicted molar refractivity (Wildman–Crippen MR) is 128 cm³/mol. The van der Waals surface area contributed by atoms with Crippen molar-refractivity contribution < 1.29 is 18.7 Å². The molecule has 0 spiro atoms. The van der Waals surface area contributed by atoms with Gasteiger partial charge in [-0.3, -0.25) is 9.78 Å². The molecule has 2 aromatic carbocycles. The summed E-state index contributed by atoms with van der Waals surface area (Å²) in [5, 5.41) is 0.874. The minimum absolute atomic E-state index is 0.136. The van der Waals surface area contributed by atoms with Crippen LogP contribution in [0.4, 0.5) is 9.18 Å². The fourth-order valence-corrected chi connectivity index (χ4v) is 5.61. The summed E-state index contributed by atoms with van der Waals surface area (Å²) < 4.78 is 19.1. The summed E-state index contributed by atoms with van der Waals surface area (Å²) in [6.07, 6.45) is 5.50. The molecule has 5 rings (SSSR count). The number of nitrogens with zero attached hydrogens (tertiary/aromatic N) is 2. The lowest BCUT2D eigenvalue weighted by Gasteiger charge is -2.34. The Morgan fingerprint density at radius 3 is 2.65 bits per heavy atom. The van der Waals surface area contributed by atoms with E-state index < -0.39 is 6.09 Å². The van der Waals surface area contributed by atoms with E-state index in [-0.39, 0.29) is 36.2 Å². The van der Waals surface area contributed by atoms with Gasteiger partial charge < -0.3 is 4.74 Å². The highest BCUT2D eigenvalue weighted by molar-refractivity contribution is 5.94. The van der Waals surface area contributed by atoms with E-state index in [1.54, 1.807) is 18.3 Å². The maximum absolute atomic E-state index is 13.9. The standard InChI is InChI=1S/C28H29FN2O3/c1-18(27(32)31-23(17-34-28(31)33)15-19-5-3-2-4-6-19)20-7-9-21(10-8-20)24-13-14-30-26-12-11-22(29)16-25(24)26/h2-6,11-14,16,18,20-21,23H,7-10,15,17H2,1H3/t18-,20?,21?,23-/m1/s1. The first kappa shape index (κ1) is 22.5. The minimum atomic E-state index is -0.531. The second-order valence-corrected chi connectivity index (χ2v) is 9.59. The van der Waals surface area contributed by atoms with Crippen LogP contribution in [0.5, 0.6) is 0 Å². The number of imide groups is 1. The molecule has 1 aliphatic heterocycles. The topological polar surface area (TPSA) is 59.5 Å². The van der Waals surface area contributed by atoms with Crippen LogP contribution in [0.25, 0.3) is 10.9 Å². The summed E-state index contributed by atoms with van der Waals surface area (Å²) in [4.78, 5) is 31.6. The van der Waals surface area contributed by atoms with Crippen LogP contribution in [-0.4, -0.2) is 34.5 Å². The van der Waals surface area contributed by atoms with Crippen molar-refractivity contribution in [1.29, 1.82) is 0 Å². The summed E-state index contributed by atoms with van der Waals surface area (Å²) >= 11 is 0. The predicted octanol–water partition coefficient (Wildman–Crippen LogP) is 5.87. The number of aromatic nitrogens is 1. The molecule has 0 bridgehead atoms. The molecule has 0 N–H and O–H groups in total. The van der Waals surface area contributed by atoms with Gasteiger partial charge in [-0.1, -0.05) is 37.3 Å². The number of amides is 2. The largest absolute Gasteiger partial charge is 0.447 e. The molecule has 0 radical (unpaired) electrons. The van der Waals surface area contributed by atoms with Gasteiger partial charge in [0.2, 0.25) is 5.91 Å². The van der Waals surface area contributed by atoms with E-state index in [0.717, 1.165) is 47.7 Å². The van der Waals surface area contributed by atoms with Crippen molar-refractivity contribution >= 4 is 22.9 Å². The lowest BCUT2D eigenvalue weighted by Crippen LogP contribution is -2.45. The Morgan fingerprint density at radius 1 is 1.12 bits per heavy atom. The summed E-state index contributed by atoms with van der Waals surface area (Å²) in [7, 11) is 0. The number of carbonyl (C=O) groups is 2. The smallest absolute Gasteiger partial charge is 0.416 e. The van der Waals surface area contributed by atoms with Crippen molar-refractivity contribution in [3.05, 3.63) is 77.7 Å². The monoisotopic (exact) mass is 460 g/mol. The molecule has 0 unspecified atom stereocenters. The molecule has 2 amide bonds. The van der Waals surface area contributed by atoms with Crippen LogP contribution in [0.1, 0.15) is 49.7 Å². The zero-order valence-corrected chi connectivity index (χ0v) is 19.3. The number of rotatable bonds is 5. The number of halogens is 1. The first-order chi connectivity index (χ1) is 16.5. The molecule has 2 heterocycles. The Kier molecular flexibility index (Phi) is 6.31. The molecule has 1 aliphatic carbocycles. The number of fused-ring (bicyclic) bond motifs is 1. The number of hydrogen-bond acceptors (Lipinski definition) is 4. The van der Waals surface area contributed by atoms with E-state index in [1.165, 1.54) is 11.0 Å². The molecule has 176 valence electrons. The molecular weight excluding hydrogens is 431 g/mol. The number of pyridine rings is 1. The van der Waals surface area contributed by atoms with Gasteiger partial charge in [0.1, 0.15) is 12.4 Å². The minimum Gasteiger partial charge on any atom is -0.447 e. The van der Waals surface area contributed by atoms with E-state index in [2.05, 4.69) is 4.98 Å². The molecule has 2 aliphatic rings. The number of hydrogen-bond donors (Lipinski definition) is 0. The van der Waals surface area contributed by atoms with Gasteiger partial charge in [0.15, 0.2) is 0 Å². The average Bonchev–Trinajstić information content (AvgIpc) is 3.23. The van der Waals surface area contributed by atoms with Gasteiger partial charge in [-0.25, -0.2) is 14.1 Å². The third kappa shape index (κ3) is 4.41.